The number of thiophene rings is 1. The molecule has 1 heterocycles. The molecule has 46 valence electrons. The van der Waals surface area contributed by atoms with Crippen molar-refractivity contribution < 1.29 is 0 Å². The van der Waals surface area contributed by atoms with Gasteiger partial charge in [0.2, 0.25) is 0 Å². The van der Waals surface area contributed by atoms with Crippen molar-refractivity contribution in [1.82, 2.24) is 0 Å². The lowest BCUT2D eigenvalue weighted by Crippen LogP contribution is -1.46. The summed E-state index contributed by atoms with van der Waals surface area (Å²) in [5, 5.41) is 10.2. The van der Waals surface area contributed by atoms with E-state index in [1.54, 1.807) is 6.07 Å². The molecular weight excluding hydrogens is 174 g/mol. The average molecular weight is 176 g/mol. The average Bonchev–Trinajstić information content (AvgIpc) is 2.17. The van der Waals surface area contributed by atoms with Crippen LogP contribution in [0.25, 0.3) is 0 Å². The first kappa shape index (κ1) is 6.94. The molecule has 0 aliphatic rings. The summed E-state index contributed by atoms with van der Waals surface area (Å²) in [6, 6.07) is 3.62. The van der Waals surface area contributed by atoms with Crippen molar-refractivity contribution in [3.8, 4) is 5.40 Å². The van der Waals surface area contributed by atoms with Gasteiger partial charge in [-0.1, -0.05) is 11.6 Å². The van der Waals surface area contributed by atoms with Crippen molar-refractivity contribution in [2.45, 2.75) is 4.21 Å². The van der Waals surface area contributed by atoms with Gasteiger partial charge in [-0.2, -0.15) is 5.26 Å². The summed E-state index contributed by atoms with van der Waals surface area (Å²) in [4.78, 5) is 0. The maximum absolute atomic E-state index is 8.21. The molecule has 0 aromatic carbocycles. The third-order valence-electron chi connectivity index (χ3n) is 0.695. The van der Waals surface area contributed by atoms with Crippen LogP contribution in [0.1, 0.15) is 0 Å². The lowest BCUT2D eigenvalue weighted by molar-refractivity contribution is 1.56. The van der Waals surface area contributed by atoms with Crippen molar-refractivity contribution >= 4 is 34.7 Å². The molecule has 0 aliphatic carbocycles. The maximum atomic E-state index is 8.21. The van der Waals surface area contributed by atoms with E-state index in [9.17, 15) is 0 Å². The van der Waals surface area contributed by atoms with Gasteiger partial charge in [-0.25, -0.2) is 0 Å². The zero-order valence-electron chi connectivity index (χ0n) is 4.30. The molecule has 0 N–H and O–H groups in total. The second-order valence-electron chi connectivity index (χ2n) is 1.25. The minimum atomic E-state index is 0.729. The van der Waals surface area contributed by atoms with Crippen LogP contribution in [0, 0.1) is 10.7 Å². The summed E-state index contributed by atoms with van der Waals surface area (Å²) in [5.74, 6) is 0. The molecule has 0 aliphatic heterocycles. The molecule has 1 nitrogen and oxygen atoms in total. The summed E-state index contributed by atoms with van der Waals surface area (Å²) in [5.41, 5.74) is 0. The Bertz CT molecular complexity index is 237. The first-order valence-corrected chi connectivity index (χ1v) is 4.15. The predicted octanol–water partition coefficient (Wildman–Crippen LogP) is 2.97. The van der Waals surface area contributed by atoms with Crippen LogP contribution in [-0.2, 0) is 0 Å². The summed E-state index contributed by atoms with van der Waals surface area (Å²) >= 11 is 8.15. The molecular formula is C5H2ClNS2. The molecule has 1 aromatic rings. The van der Waals surface area contributed by atoms with Crippen LogP contribution in [0.4, 0.5) is 0 Å². The first-order valence-electron chi connectivity index (χ1n) is 2.14. The smallest absolute Gasteiger partial charge is 0.139 e. The second-order valence-corrected chi connectivity index (χ2v) is 4.05. The van der Waals surface area contributed by atoms with Crippen LogP contribution < -0.4 is 0 Å². The normalized spacial score (nSPS) is 8.89. The Balaban J connectivity index is 2.76. The fourth-order valence-electron chi connectivity index (χ4n) is 0.398. The van der Waals surface area contributed by atoms with Crippen LogP contribution >= 0.6 is 34.7 Å². The highest BCUT2D eigenvalue weighted by atomic mass is 35.5. The van der Waals surface area contributed by atoms with Crippen LogP contribution in [0.15, 0.2) is 16.3 Å². The molecule has 0 radical (unpaired) electrons. The van der Waals surface area contributed by atoms with Crippen LogP contribution in [0.3, 0.4) is 0 Å². The number of nitriles is 1. The molecule has 0 unspecified atom stereocenters. The molecule has 0 saturated carbocycles. The molecule has 0 spiro atoms. The molecule has 9 heavy (non-hydrogen) atoms. The summed E-state index contributed by atoms with van der Waals surface area (Å²) < 4.78 is 1.68. The van der Waals surface area contributed by atoms with E-state index in [0.717, 1.165) is 20.3 Å². The van der Waals surface area contributed by atoms with Gasteiger partial charge in [0.05, 0.1) is 8.55 Å². The van der Waals surface area contributed by atoms with Gasteiger partial charge in [-0.3, -0.25) is 0 Å². The summed E-state index contributed by atoms with van der Waals surface area (Å²) in [7, 11) is 0. The standard InChI is InChI=1S/C5H2ClNS2/c6-4-1-2-5(9-4)8-3-7/h1-2H. The van der Waals surface area contributed by atoms with E-state index < -0.39 is 0 Å². The van der Waals surface area contributed by atoms with E-state index in [1.807, 2.05) is 11.5 Å². The molecule has 1 aromatic heterocycles. The molecule has 0 fully saturated rings. The van der Waals surface area contributed by atoms with Gasteiger partial charge in [0.25, 0.3) is 0 Å². The Morgan fingerprint density at radius 3 is 2.89 bits per heavy atom. The van der Waals surface area contributed by atoms with Crippen molar-refractivity contribution in [2.24, 2.45) is 0 Å². The highest BCUT2D eigenvalue weighted by Crippen LogP contribution is 2.29. The van der Waals surface area contributed by atoms with Gasteiger partial charge in [0.15, 0.2) is 0 Å². The molecule has 0 saturated heterocycles. The number of hydrogen-bond donors (Lipinski definition) is 0. The van der Waals surface area contributed by atoms with E-state index in [4.69, 9.17) is 16.9 Å². The quantitative estimate of drug-likeness (QED) is 0.484. The minimum absolute atomic E-state index is 0.729. The molecule has 1 rings (SSSR count). The van der Waals surface area contributed by atoms with Gasteiger partial charge in [0, 0.05) is 11.8 Å². The highest BCUT2D eigenvalue weighted by Gasteiger charge is 1.95. The van der Waals surface area contributed by atoms with E-state index in [-0.39, 0.29) is 0 Å². The van der Waals surface area contributed by atoms with Gasteiger partial charge in [-0.15, -0.1) is 11.3 Å². The van der Waals surface area contributed by atoms with Crippen molar-refractivity contribution in [3.63, 3.8) is 0 Å². The lowest BCUT2D eigenvalue weighted by atomic mass is 10.7. The topological polar surface area (TPSA) is 23.8 Å². The second kappa shape index (κ2) is 3.11. The fourth-order valence-corrected chi connectivity index (χ4v) is 2.09. The van der Waals surface area contributed by atoms with Gasteiger partial charge in [0.1, 0.15) is 5.40 Å². The largest absolute Gasteiger partial charge is 0.185 e. The molecule has 0 bridgehead atoms. The number of rotatable bonds is 1. The maximum Gasteiger partial charge on any atom is 0.139 e. The first-order chi connectivity index (χ1) is 4.33. The molecule has 0 atom stereocenters. The number of thioether (sulfide) groups is 1. The van der Waals surface area contributed by atoms with Crippen molar-refractivity contribution in [1.29, 1.82) is 5.26 Å². The minimum Gasteiger partial charge on any atom is -0.185 e. The van der Waals surface area contributed by atoms with E-state index >= 15 is 0 Å². The van der Waals surface area contributed by atoms with Crippen molar-refractivity contribution in [2.75, 3.05) is 0 Å². The fraction of sp³-hybridized carbons (Fsp3) is 0. The summed E-state index contributed by atoms with van der Waals surface area (Å²) in [6.45, 7) is 0. The van der Waals surface area contributed by atoms with E-state index in [0.29, 0.717) is 0 Å². The number of hydrogen-bond acceptors (Lipinski definition) is 3. The monoisotopic (exact) mass is 175 g/mol. The number of halogens is 1. The molecule has 4 heteroatoms. The van der Waals surface area contributed by atoms with Gasteiger partial charge >= 0.3 is 0 Å². The molecule has 0 amide bonds. The van der Waals surface area contributed by atoms with E-state index in [2.05, 4.69) is 0 Å². The van der Waals surface area contributed by atoms with Crippen molar-refractivity contribution in [3.05, 3.63) is 16.5 Å². The van der Waals surface area contributed by atoms with Crippen LogP contribution in [-0.4, -0.2) is 0 Å². The Morgan fingerprint density at radius 1 is 1.67 bits per heavy atom. The zero-order chi connectivity index (χ0) is 6.69. The third kappa shape index (κ3) is 1.90. The summed E-state index contributed by atoms with van der Waals surface area (Å²) in [6.07, 6.45) is 0. The SMILES string of the molecule is N#CSc1ccc(Cl)s1. The van der Waals surface area contributed by atoms with Crippen LogP contribution in [0.2, 0.25) is 4.34 Å². The number of thiocyanates is 1. The van der Waals surface area contributed by atoms with Gasteiger partial charge < -0.3 is 0 Å². The Morgan fingerprint density at radius 2 is 2.44 bits per heavy atom. The lowest BCUT2D eigenvalue weighted by Gasteiger charge is -1.76. The van der Waals surface area contributed by atoms with Gasteiger partial charge in [-0.05, 0) is 12.1 Å². The predicted molar refractivity (Wildman–Crippen MR) is 40.8 cm³/mol. The number of nitrogens with zero attached hydrogens (tertiary/aromatic N) is 1. The zero-order valence-corrected chi connectivity index (χ0v) is 6.69. The Hall–Kier alpha value is -0.170. The Labute approximate surface area is 66.3 Å². The van der Waals surface area contributed by atoms with E-state index in [1.165, 1.54) is 11.3 Å². The Kier molecular flexibility index (Phi) is 2.40. The van der Waals surface area contributed by atoms with Crippen LogP contribution in [0.5, 0.6) is 0 Å². The third-order valence-corrected chi connectivity index (χ3v) is 2.65. The highest BCUT2D eigenvalue weighted by molar-refractivity contribution is 8.05.